The van der Waals surface area contributed by atoms with Gasteiger partial charge in [0.15, 0.2) is 0 Å². The largest absolute Gasteiger partial charge is 0.207 e. The van der Waals surface area contributed by atoms with E-state index in [0.29, 0.717) is 0 Å². The lowest BCUT2D eigenvalue weighted by Crippen LogP contribution is -1.88. The van der Waals surface area contributed by atoms with Crippen LogP contribution in [0, 0.1) is 5.82 Å². The first-order valence-corrected chi connectivity index (χ1v) is 8.40. The zero-order chi connectivity index (χ0) is 16.8. The summed E-state index contributed by atoms with van der Waals surface area (Å²) in [5.74, 6) is -0.208. The van der Waals surface area contributed by atoms with E-state index < -0.39 is 0 Å². The Morgan fingerprint density at radius 1 is 0.560 bits per heavy atom. The molecule has 5 rings (SSSR count). The molecule has 1 aliphatic rings. The van der Waals surface area contributed by atoms with E-state index in [0.717, 1.165) is 11.1 Å². The van der Waals surface area contributed by atoms with E-state index in [9.17, 15) is 4.39 Å². The summed E-state index contributed by atoms with van der Waals surface area (Å²) >= 11 is 0. The Bertz CT molecular complexity index is 1080. The first-order valence-electron chi connectivity index (χ1n) is 8.40. The molecule has 0 aliphatic heterocycles. The van der Waals surface area contributed by atoms with Gasteiger partial charge in [-0.1, -0.05) is 66.7 Å². The number of benzene rings is 4. The molecule has 0 saturated carbocycles. The Balaban J connectivity index is 1.76. The van der Waals surface area contributed by atoms with E-state index in [1.54, 1.807) is 0 Å². The van der Waals surface area contributed by atoms with E-state index in [4.69, 9.17) is 0 Å². The van der Waals surface area contributed by atoms with Gasteiger partial charge in [-0.3, -0.25) is 0 Å². The van der Waals surface area contributed by atoms with Gasteiger partial charge in [0.05, 0.1) is 0 Å². The van der Waals surface area contributed by atoms with Crippen LogP contribution in [-0.2, 0) is 0 Å². The lowest BCUT2D eigenvalue weighted by atomic mass is 9.96. The van der Waals surface area contributed by atoms with Crippen molar-refractivity contribution in [1.29, 1.82) is 0 Å². The Labute approximate surface area is 145 Å². The van der Waals surface area contributed by atoms with Crippen LogP contribution in [0.15, 0.2) is 91.0 Å². The topological polar surface area (TPSA) is 0 Å². The fraction of sp³-hybridized carbons (Fsp3) is 0. The van der Waals surface area contributed by atoms with Gasteiger partial charge in [-0.15, -0.1) is 0 Å². The minimum Gasteiger partial charge on any atom is -0.207 e. The van der Waals surface area contributed by atoms with E-state index >= 15 is 0 Å². The van der Waals surface area contributed by atoms with Crippen molar-refractivity contribution >= 4 is 21.9 Å². The van der Waals surface area contributed by atoms with Gasteiger partial charge in [0.25, 0.3) is 0 Å². The van der Waals surface area contributed by atoms with Gasteiger partial charge in [-0.25, -0.2) is 4.39 Å². The average molecular weight is 322 g/mol. The van der Waals surface area contributed by atoms with Crippen molar-refractivity contribution in [3.63, 3.8) is 0 Å². The second kappa shape index (κ2) is 5.42. The van der Waals surface area contributed by atoms with Gasteiger partial charge < -0.3 is 0 Å². The number of hydrogen-bond acceptors (Lipinski definition) is 0. The highest BCUT2D eigenvalue weighted by Gasteiger charge is 2.30. The molecule has 0 radical (unpaired) electrons. The molecule has 4 aromatic carbocycles. The molecule has 0 saturated heterocycles. The fourth-order valence-corrected chi connectivity index (χ4v) is 3.55. The molecule has 0 fully saturated rings. The van der Waals surface area contributed by atoms with Gasteiger partial charge >= 0.3 is 0 Å². The molecule has 118 valence electrons. The monoisotopic (exact) mass is 322 g/mol. The molecule has 25 heavy (non-hydrogen) atoms. The molecule has 0 spiro atoms. The predicted octanol–water partition coefficient (Wildman–Crippen LogP) is 6.30. The third-order valence-electron chi connectivity index (χ3n) is 4.81. The van der Waals surface area contributed by atoms with Crippen molar-refractivity contribution in [3.05, 3.63) is 119 Å². The predicted molar refractivity (Wildman–Crippen MR) is 102 cm³/mol. The van der Waals surface area contributed by atoms with E-state index in [2.05, 4.69) is 48.5 Å². The molecule has 0 aromatic heterocycles. The van der Waals surface area contributed by atoms with E-state index in [1.807, 2.05) is 30.3 Å². The zero-order valence-electron chi connectivity index (χ0n) is 13.5. The highest BCUT2D eigenvalue weighted by molar-refractivity contribution is 6.18. The summed E-state index contributed by atoms with van der Waals surface area (Å²) in [7, 11) is 0. The van der Waals surface area contributed by atoms with Crippen LogP contribution in [0.3, 0.4) is 0 Å². The zero-order valence-corrected chi connectivity index (χ0v) is 13.5. The van der Waals surface area contributed by atoms with Crippen LogP contribution < -0.4 is 0 Å². The lowest BCUT2D eigenvalue weighted by Gasteiger charge is -2.08. The van der Waals surface area contributed by atoms with Gasteiger partial charge in [0.1, 0.15) is 5.82 Å². The molecule has 0 heterocycles. The maximum Gasteiger partial charge on any atom is 0.123 e. The van der Waals surface area contributed by atoms with Crippen molar-refractivity contribution in [3.8, 4) is 0 Å². The minimum atomic E-state index is -0.208. The van der Waals surface area contributed by atoms with Crippen molar-refractivity contribution in [2.24, 2.45) is 0 Å². The Morgan fingerprint density at radius 3 is 1.68 bits per heavy atom. The summed E-state index contributed by atoms with van der Waals surface area (Å²) in [5, 5.41) is 2.51. The Hall–Kier alpha value is -3.19. The quantitative estimate of drug-likeness (QED) is 0.358. The third kappa shape index (κ3) is 2.36. The van der Waals surface area contributed by atoms with Crippen LogP contribution in [0.1, 0.15) is 22.3 Å². The second-order valence-electron chi connectivity index (χ2n) is 6.37. The summed E-state index contributed by atoms with van der Waals surface area (Å²) in [5.41, 5.74) is 7.23. The average Bonchev–Trinajstić information content (AvgIpc) is 3.35. The standard InChI is InChI=1S/C24H15F/c25-20-12-10-17(11-13-20)23(16-6-2-1-3-7-16)24-21-14-18-8-4-5-9-19(18)15-22(21)24/h1-15H. The normalized spacial score (nSPS) is 12.1. The Morgan fingerprint density at radius 2 is 1.08 bits per heavy atom. The summed E-state index contributed by atoms with van der Waals surface area (Å²) in [6.07, 6.45) is 0. The number of halogens is 1. The van der Waals surface area contributed by atoms with Gasteiger partial charge in [0.2, 0.25) is 0 Å². The number of rotatable bonds is 2. The molecule has 0 atom stereocenters. The van der Waals surface area contributed by atoms with Gasteiger partial charge in [-0.05, 0) is 68.4 Å². The van der Waals surface area contributed by atoms with Crippen molar-refractivity contribution in [1.82, 2.24) is 0 Å². The van der Waals surface area contributed by atoms with Crippen LogP contribution in [0.2, 0.25) is 0 Å². The first-order chi connectivity index (χ1) is 12.3. The van der Waals surface area contributed by atoms with Gasteiger partial charge in [-0.2, -0.15) is 0 Å². The van der Waals surface area contributed by atoms with Crippen molar-refractivity contribution in [2.75, 3.05) is 0 Å². The SMILES string of the molecule is Fc1ccc(C(=C2c3cc4ccccc4cc32)c2ccccc2)cc1. The minimum absolute atomic E-state index is 0.208. The van der Waals surface area contributed by atoms with Crippen LogP contribution in [0.25, 0.3) is 21.9 Å². The number of fused-ring (bicyclic) bond motifs is 2. The summed E-state index contributed by atoms with van der Waals surface area (Å²) in [6.45, 7) is 0. The number of hydrogen-bond donors (Lipinski definition) is 0. The van der Waals surface area contributed by atoms with E-state index in [-0.39, 0.29) is 5.82 Å². The first kappa shape index (κ1) is 14.2. The molecule has 1 aliphatic carbocycles. The van der Waals surface area contributed by atoms with Gasteiger partial charge in [0, 0.05) is 0 Å². The van der Waals surface area contributed by atoms with Crippen LogP contribution in [0.4, 0.5) is 4.39 Å². The molecular formula is C24H15F. The molecule has 0 N–H and O–H groups in total. The highest BCUT2D eigenvalue weighted by Crippen LogP contribution is 2.50. The Kier molecular flexibility index (Phi) is 3.07. The maximum atomic E-state index is 13.4. The van der Waals surface area contributed by atoms with Crippen LogP contribution in [-0.4, -0.2) is 0 Å². The molecule has 0 unspecified atom stereocenters. The van der Waals surface area contributed by atoms with Crippen molar-refractivity contribution < 1.29 is 4.39 Å². The van der Waals surface area contributed by atoms with Crippen molar-refractivity contribution in [2.45, 2.75) is 0 Å². The molecule has 0 amide bonds. The summed E-state index contributed by atoms with van der Waals surface area (Å²) in [4.78, 5) is 0. The highest BCUT2D eigenvalue weighted by atomic mass is 19.1. The van der Waals surface area contributed by atoms with E-state index in [1.165, 1.54) is 45.2 Å². The molecule has 1 heteroatoms. The maximum absolute atomic E-state index is 13.4. The second-order valence-corrected chi connectivity index (χ2v) is 6.37. The summed E-state index contributed by atoms with van der Waals surface area (Å²) in [6, 6.07) is 30.1. The molecule has 0 bridgehead atoms. The molecule has 0 nitrogen and oxygen atoms in total. The smallest absolute Gasteiger partial charge is 0.123 e. The van der Waals surface area contributed by atoms with Crippen LogP contribution >= 0.6 is 0 Å². The third-order valence-corrected chi connectivity index (χ3v) is 4.81. The summed E-state index contributed by atoms with van der Waals surface area (Å²) < 4.78 is 13.4. The fourth-order valence-electron chi connectivity index (χ4n) is 3.55. The molecule has 4 aromatic rings. The lowest BCUT2D eigenvalue weighted by molar-refractivity contribution is 0.627. The molecular weight excluding hydrogens is 307 g/mol. The van der Waals surface area contributed by atoms with Crippen LogP contribution in [0.5, 0.6) is 0 Å².